The zero-order valence-electron chi connectivity index (χ0n) is 27.3. The molecule has 0 saturated carbocycles. The molecule has 0 amide bonds. The van der Waals surface area contributed by atoms with E-state index in [0.717, 1.165) is 58.5 Å². The minimum Gasteiger partial charge on any atom is -0.199 e. The molecule has 0 atom stereocenters. The SMILES string of the molecule is Cc1ccc(-c2sc(-c3ccc(-c4cccs4)s3)cc2C2=C(c3cc(-c4ccc(-c5cccs5)s4)sc3-c3ccc(C)s3)C(F)(F)C(I)(I)C2(F)F)s1. The topological polar surface area (TPSA) is 0 Å². The Hall–Kier alpha value is -1.48. The first-order valence-electron chi connectivity index (χ1n) is 15.9. The van der Waals surface area contributed by atoms with E-state index >= 15 is 17.6 Å². The summed E-state index contributed by atoms with van der Waals surface area (Å²) in [6, 6.07) is 27.4. The third kappa shape index (κ3) is 6.20. The van der Waals surface area contributed by atoms with Gasteiger partial charge in [0, 0.05) is 80.8 Å². The second-order valence-corrected chi connectivity index (χ2v) is 26.3. The van der Waals surface area contributed by atoms with Gasteiger partial charge in [-0.15, -0.1) is 90.7 Å². The fourth-order valence-corrected chi connectivity index (χ4v) is 15.6. The Balaban J connectivity index is 1.31. The average molecular weight is 1080 g/mol. The van der Waals surface area contributed by atoms with Crippen molar-refractivity contribution in [2.75, 3.05) is 0 Å². The lowest BCUT2D eigenvalue weighted by molar-refractivity contribution is -0.0183. The number of hydrogen-bond donors (Lipinski definition) is 0. The van der Waals surface area contributed by atoms with Crippen LogP contribution in [0.2, 0.25) is 0 Å². The van der Waals surface area contributed by atoms with Crippen molar-refractivity contribution in [1.29, 1.82) is 0 Å². The van der Waals surface area contributed by atoms with E-state index in [1.807, 2.05) is 85.3 Å². The van der Waals surface area contributed by atoms with Crippen LogP contribution >= 0.6 is 136 Å². The molecular formula is C39H22F4I2S8. The standard InChI is InChI=1S/C39H22F4I2S8/c1-19-7-9-29(48-19)35-21(17-31(52-35)27-13-11-25(50-27)23-5-3-15-46-23)33-34(38(42,43)39(44,45)37(33,40)41)22-18-32(53-36(22)30-10-8-20(2)49-30)28-14-12-26(51-28)24-6-4-16-47-24/h3-18H,1-2H3. The van der Waals surface area contributed by atoms with E-state index in [2.05, 4.69) is 12.1 Å². The van der Waals surface area contributed by atoms with Gasteiger partial charge in [0.2, 0.25) is 1.43 Å². The predicted molar refractivity (Wildman–Crippen MR) is 245 cm³/mol. The van der Waals surface area contributed by atoms with Crippen molar-refractivity contribution in [1.82, 2.24) is 0 Å². The molecule has 0 unspecified atom stereocenters. The van der Waals surface area contributed by atoms with E-state index in [0.29, 0.717) is 9.75 Å². The summed E-state index contributed by atoms with van der Waals surface area (Å²) in [6.45, 7) is 3.94. The van der Waals surface area contributed by atoms with Crippen LogP contribution in [0, 0.1) is 13.8 Å². The van der Waals surface area contributed by atoms with Gasteiger partial charge in [-0.2, -0.15) is 17.6 Å². The van der Waals surface area contributed by atoms with Crippen molar-refractivity contribution >= 4 is 147 Å². The molecule has 0 nitrogen and oxygen atoms in total. The highest BCUT2D eigenvalue weighted by molar-refractivity contribution is 14.2. The zero-order chi connectivity index (χ0) is 36.9. The van der Waals surface area contributed by atoms with Gasteiger partial charge in [0.15, 0.2) is 0 Å². The van der Waals surface area contributed by atoms with Crippen LogP contribution in [0.3, 0.4) is 0 Å². The Kier molecular flexibility index (Phi) is 9.71. The van der Waals surface area contributed by atoms with E-state index < -0.39 is 24.4 Å². The van der Waals surface area contributed by atoms with Gasteiger partial charge in [0.25, 0.3) is 0 Å². The summed E-state index contributed by atoms with van der Waals surface area (Å²) in [5, 5.41) is 4.04. The highest BCUT2D eigenvalue weighted by Gasteiger charge is 2.75. The fourth-order valence-electron chi connectivity index (χ4n) is 6.35. The molecule has 0 bridgehead atoms. The second kappa shape index (κ2) is 13.9. The first kappa shape index (κ1) is 37.1. The Morgan fingerprint density at radius 2 is 0.811 bits per heavy atom. The molecule has 0 radical (unpaired) electrons. The van der Waals surface area contributed by atoms with Gasteiger partial charge in [0.05, 0.1) is 9.75 Å². The van der Waals surface area contributed by atoms with Gasteiger partial charge in [-0.05, 0) is 97.4 Å². The molecule has 268 valence electrons. The summed E-state index contributed by atoms with van der Waals surface area (Å²) in [6.07, 6.45) is 0. The van der Waals surface area contributed by atoms with Gasteiger partial charge < -0.3 is 0 Å². The predicted octanol–water partition coefficient (Wildman–Crippen LogP) is 17.6. The van der Waals surface area contributed by atoms with Crippen LogP contribution in [0.4, 0.5) is 17.6 Å². The molecule has 8 aromatic rings. The number of allylic oxidation sites excluding steroid dienone is 2. The van der Waals surface area contributed by atoms with Crippen LogP contribution < -0.4 is 0 Å². The maximum absolute atomic E-state index is 17.3. The normalized spacial score (nSPS) is 16.3. The van der Waals surface area contributed by atoms with Crippen molar-refractivity contribution in [3.8, 4) is 58.5 Å². The lowest BCUT2D eigenvalue weighted by atomic mass is 9.94. The number of hydrogen-bond acceptors (Lipinski definition) is 8. The molecule has 0 aliphatic heterocycles. The van der Waals surface area contributed by atoms with Crippen molar-refractivity contribution in [2.24, 2.45) is 0 Å². The molecular weight excluding hydrogens is 1050 g/mol. The number of aryl methyl sites for hydroxylation is 2. The van der Waals surface area contributed by atoms with Crippen molar-refractivity contribution in [3.05, 3.63) is 117 Å². The Bertz CT molecular complexity index is 2460. The molecule has 0 saturated heterocycles. The minimum absolute atomic E-state index is 0.171. The summed E-state index contributed by atoms with van der Waals surface area (Å²) in [7, 11) is 0. The van der Waals surface area contributed by atoms with Gasteiger partial charge in [0.1, 0.15) is 0 Å². The van der Waals surface area contributed by atoms with Crippen molar-refractivity contribution < 1.29 is 17.6 Å². The highest BCUT2D eigenvalue weighted by Crippen LogP contribution is 2.71. The first-order valence-corrected chi connectivity index (χ1v) is 24.7. The number of thiophene rings is 8. The lowest BCUT2D eigenvalue weighted by Crippen LogP contribution is -2.45. The van der Waals surface area contributed by atoms with E-state index in [4.69, 9.17) is 0 Å². The Morgan fingerprint density at radius 3 is 1.15 bits per heavy atom. The minimum atomic E-state index is -3.88. The van der Waals surface area contributed by atoms with Crippen LogP contribution in [0.15, 0.2) is 95.7 Å². The van der Waals surface area contributed by atoms with E-state index in [-0.39, 0.29) is 11.1 Å². The second-order valence-electron chi connectivity index (χ2n) is 12.3. The number of halogens is 6. The zero-order valence-corrected chi connectivity index (χ0v) is 38.1. The molecule has 14 heteroatoms. The molecule has 9 rings (SSSR count). The van der Waals surface area contributed by atoms with Crippen molar-refractivity contribution in [3.63, 3.8) is 0 Å². The summed E-state index contributed by atoms with van der Waals surface area (Å²) in [4.78, 5) is 12.5. The summed E-state index contributed by atoms with van der Waals surface area (Å²) in [5.74, 6) is -7.77. The lowest BCUT2D eigenvalue weighted by Gasteiger charge is -2.30. The summed E-state index contributed by atoms with van der Waals surface area (Å²) >= 11 is 14.8. The largest absolute Gasteiger partial charge is 0.303 e. The van der Waals surface area contributed by atoms with Crippen molar-refractivity contribution in [2.45, 2.75) is 27.1 Å². The number of rotatable bonds is 8. The third-order valence-corrected chi connectivity index (χ3v) is 20.9. The van der Waals surface area contributed by atoms with E-state index in [1.54, 1.807) is 57.5 Å². The van der Waals surface area contributed by atoms with Gasteiger partial charge >= 0.3 is 11.8 Å². The van der Waals surface area contributed by atoms with Gasteiger partial charge in [-0.3, -0.25) is 0 Å². The Morgan fingerprint density at radius 1 is 0.434 bits per heavy atom. The average Bonchev–Trinajstić information content (AvgIpc) is 3.96. The summed E-state index contributed by atoms with van der Waals surface area (Å²) in [5.41, 5.74) is -0.835. The van der Waals surface area contributed by atoms with E-state index in [1.165, 1.54) is 90.5 Å². The third-order valence-electron chi connectivity index (χ3n) is 8.82. The first-order chi connectivity index (χ1) is 25.3. The molecule has 0 fully saturated rings. The Labute approximate surface area is 362 Å². The molecule has 1 aliphatic carbocycles. The smallest absolute Gasteiger partial charge is 0.199 e. The molecule has 8 aromatic heterocycles. The quantitative estimate of drug-likeness (QED) is 0.0808. The fraction of sp³-hybridized carbons (Fsp3) is 0.128. The highest BCUT2D eigenvalue weighted by atomic mass is 127. The van der Waals surface area contributed by atoms with Crippen LogP contribution in [0.5, 0.6) is 0 Å². The monoisotopic (exact) mass is 1080 g/mol. The maximum Gasteiger partial charge on any atom is 0.303 e. The van der Waals surface area contributed by atoms with E-state index in [9.17, 15) is 0 Å². The van der Waals surface area contributed by atoms with Crippen LogP contribution in [0.25, 0.3) is 69.7 Å². The molecule has 53 heavy (non-hydrogen) atoms. The number of alkyl halides is 6. The maximum atomic E-state index is 17.3. The molecule has 1 aliphatic rings. The van der Waals surface area contributed by atoms with Crippen LogP contribution in [-0.2, 0) is 0 Å². The van der Waals surface area contributed by atoms with Crippen LogP contribution in [-0.4, -0.2) is 13.3 Å². The molecule has 8 heterocycles. The molecule has 0 aromatic carbocycles. The van der Waals surface area contributed by atoms with Crippen LogP contribution in [0.1, 0.15) is 20.9 Å². The molecule has 0 N–H and O–H groups in total. The van der Waals surface area contributed by atoms with Gasteiger partial charge in [-0.1, -0.05) is 57.3 Å². The van der Waals surface area contributed by atoms with Gasteiger partial charge in [-0.25, -0.2) is 0 Å². The summed E-state index contributed by atoms with van der Waals surface area (Å²) < 4.78 is 66.5. The molecule has 0 spiro atoms.